The summed E-state index contributed by atoms with van der Waals surface area (Å²) in [6, 6.07) is 18.3. The van der Waals surface area contributed by atoms with Crippen LogP contribution in [-0.2, 0) is 0 Å². The zero-order valence-corrected chi connectivity index (χ0v) is 16.6. The smallest absolute Gasteiger partial charge is 0.248 e. The maximum absolute atomic E-state index is 8.85. The van der Waals surface area contributed by atoms with E-state index in [0.717, 1.165) is 24.2 Å². The van der Waals surface area contributed by atoms with Crippen molar-refractivity contribution in [2.45, 2.75) is 12.5 Å². The zero-order chi connectivity index (χ0) is 20.2. The Labute approximate surface area is 170 Å². The second-order valence-corrected chi connectivity index (χ2v) is 7.41. The lowest BCUT2D eigenvalue weighted by molar-refractivity contribution is 0.315. The molecule has 2 heterocycles. The number of likely N-dealkylation sites (N-methyl/N-ethyl adjacent to an activating group) is 1. The molecule has 146 valence electrons. The Hall–Kier alpha value is -3.43. The van der Waals surface area contributed by atoms with Gasteiger partial charge in [-0.1, -0.05) is 12.1 Å². The summed E-state index contributed by atoms with van der Waals surface area (Å²) in [6.45, 7) is 2.13. The van der Waals surface area contributed by atoms with Crippen LogP contribution in [0.2, 0.25) is 0 Å². The van der Waals surface area contributed by atoms with E-state index in [-0.39, 0.29) is 0 Å². The molecule has 1 saturated heterocycles. The van der Waals surface area contributed by atoms with Crippen LogP contribution >= 0.6 is 0 Å². The molecule has 0 radical (unpaired) electrons. The van der Waals surface area contributed by atoms with Crippen molar-refractivity contribution in [1.82, 2.24) is 15.1 Å². The van der Waals surface area contributed by atoms with Gasteiger partial charge in [-0.15, -0.1) is 10.2 Å². The lowest BCUT2D eigenvalue weighted by Gasteiger charge is -2.21. The van der Waals surface area contributed by atoms with Crippen LogP contribution in [0.15, 0.2) is 52.9 Å². The summed E-state index contributed by atoms with van der Waals surface area (Å²) in [6.07, 6.45) is 4.85. The van der Waals surface area contributed by atoms with Crippen molar-refractivity contribution in [3.8, 4) is 17.5 Å². The van der Waals surface area contributed by atoms with Crippen LogP contribution in [0.5, 0.6) is 0 Å². The highest BCUT2D eigenvalue weighted by Gasteiger charge is 2.24. The first kappa shape index (κ1) is 18.9. The van der Waals surface area contributed by atoms with Gasteiger partial charge in [0.25, 0.3) is 0 Å². The highest BCUT2D eigenvalue weighted by molar-refractivity contribution is 5.67. The molecule has 1 aliphatic heterocycles. The SMILES string of the molecule is CN(C)C1CCN(c2ccc(-c3nnc(/C=C/c4ccc(C#N)cc4)o3)cc2)C1. The van der Waals surface area contributed by atoms with Crippen molar-refractivity contribution in [3.63, 3.8) is 0 Å². The van der Waals surface area contributed by atoms with E-state index in [1.54, 1.807) is 18.2 Å². The van der Waals surface area contributed by atoms with Gasteiger partial charge in [0.2, 0.25) is 11.8 Å². The molecule has 0 saturated carbocycles. The molecule has 0 amide bonds. The zero-order valence-electron chi connectivity index (χ0n) is 16.6. The first-order valence-corrected chi connectivity index (χ1v) is 9.66. The lowest BCUT2D eigenvalue weighted by Crippen LogP contribution is -2.31. The molecule has 1 fully saturated rings. The quantitative estimate of drug-likeness (QED) is 0.663. The maximum Gasteiger partial charge on any atom is 0.248 e. The fourth-order valence-electron chi connectivity index (χ4n) is 3.47. The summed E-state index contributed by atoms with van der Waals surface area (Å²) in [5.41, 5.74) is 3.73. The Morgan fingerprint density at radius 1 is 1.07 bits per heavy atom. The normalized spacial score (nSPS) is 16.6. The molecule has 1 aromatic heterocycles. The van der Waals surface area contributed by atoms with Crippen molar-refractivity contribution in [2.75, 3.05) is 32.1 Å². The summed E-state index contributed by atoms with van der Waals surface area (Å²) in [7, 11) is 4.28. The van der Waals surface area contributed by atoms with Gasteiger partial charge in [-0.3, -0.25) is 0 Å². The number of rotatable bonds is 5. The maximum atomic E-state index is 8.85. The van der Waals surface area contributed by atoms with Crippen molar-refractivity contribution >= 4 is 17.8 Å². The first-order valence-electron chi connectivity index (χ1n) is 9.66. The third kappa shape index (κ3) is 4.36. The molecule has 1 atom stereocenters. The van der Waals surface area contributed by atoms with Gasteiger partial charge < -0.3 is 14.2 Å². The first-order chi connectivity index (χ1) is 14.1. The van der Waals surface area contributed by atoms with E-state index in [4.69, 9.17) is 9.68 Å². The minimum Gasteiger partial charge on any atom is -0.417 e. The van der Waals surface area contributed by atoms with Gasteiger partial charge >= 0.3 is 0 Å². The van der Waals surface area contributed by atoms with Gasteiger partial charge in [0.1, 0.15) is 0 Å². The molecule has 4 rings (SSSR count). The van der Waals surface area contributed by atoms with Gasteiger partial charge in [0, 0.05) is 36.5 Å². The van der Waals surface area contributed by atoms with Gasteiger partial charge in [0.05, 0.1) is 11.6 Å². The number of hydrogen-bond acceptors (Lipinski definition) is 6. The second kappa shape index (κ2) is 8.29. The molecule has 0 N–H and O–H groups in total. The van der Waals surface area contributed by atoms with E-state index in [1.807, 2.05) is 30.3 Å². The second-order valence-electron chi connectivity index (χ2n) is 7.41. The van der Waals surface area contributed by atoms with E-state index in [9.17, 15) is 0 Å². The summed E-state index contributed by atoms with van der Waals surface area (Å²) in [5.74, 6) is 0.949. The van der Waals surface area contributed by atoms with Crippen LogP contribution in [0.1, 0.15) is 23.4 Å². The molecule has 29 heavy (non-hydrogen) atoms. The third-order valence-electron chi connectivity index (χ3n) is 5.27. The monoisotopic (exact) mass is 385 g/mol. The van der Waals surface area contributed by atoms with E-state index < -0.39 is 0 Å². The van der Waals surface area contributed by atoms with E-state index in [2.05, 4.69) is 52.3 Å². The van der Waals surface area contributed by atoms with E-state index in [1.165, 1.54) is 12.1 Å². The van der Waals surface area contributed by atoms with Crippen molar-refractivity contribution in [1.29, 1.82) is 5.26 Å². The number of hydrogen-bond donors (Lipinski definition) is 0. The molecule has 1 unspecified atom stereocenters. The highest BCUT2D eigenvalue weighted by atomic mass is 16.4. The Morgan fingerprint density at radius 2 is 1.83 bits per heavy atom. The van der Waals surface area contributed by atoms with Gasteiger partial charge in [-0.25, -0.2) is 0 Å². The molecule has 1 aliphatic rings. The summed E-state index contributed by atoms with van der Waals surface area (Å²) in [4.78, 5) is 4.70. The topological polar surface area (TPSA) is 69.2 Å². The Kier molecular flexibility index (Phi) is 5.41. The van der Waals surface area contributed by atoms with Gasteiger partial charge in [0.15, 0.2) is 0 Å². The van der Waals surface area contributed by atoms with Crippen LogP contribution in [0.3, 0.4) is 0 Å². The molecule has 6 heteroatoms. The summed E-state index contributed by atoms with van der Waals surface area (Å²) < 4.78 is 5.77. The summed E-state index contributed by atoms with van der Waals surface area (Å²) >= 11 is 0. The predicted molar refractivity (Wildman–Crippen MR) is 114 cm³/mol. The molecule has 3 aromatic rings. The molecule has 0 aliphatic carbocycles. The minimum absolute atomic E-state index is 0.446. The number of benzene rings is 2. The van der Waals surface area contributed by atoms with E-state index in [0.29, 0.717) is 23.4 Å². The lowest BCUT2D eigenvalue weighted by atomic mass is 10.1. The average Bonchev–Trinajstić information content (AvgIpc) is 3.43. The Balaban J connectivity index is 1.42. The van der Waals surface area contributed by atoms with Crippen molar-refractivity contribution in [2.24, 2.45) is 0 Å². The van der Waals surface area contributed by atoms with Crippen molar-refractivity contribution in [3.05, 3.63) is 65.5 Å². The van der Waals surface area contributed by atoms with Crippen LogP contribution < -0.4 is 4.90 Å². The average molecular weight is 385 g/mol. The summed E-state index contributed by atoms with van der Waals surface area (Å²) in [5, 5.41) is 17.1. The molecule has 2 aromatic carbocycles. The molecule has 0 bridgehead atoms. The number of nitrogens with zero attached hydrogens (tertiary/aromatic N) is 5. The number of aromatic nitrogens is 2. The van der Waals surface area contributed by atoms with Crippen LogP contribution in [0.25, 0.3) is 23.6 Å². The standard InChI is InChI=1S/C23H23N5O/c1-27(2)21-13-14-28(16-21)20-10-8-19(9-11-20)23-26-25-22(29-23)12-7-17-3-5-18(15-24)6-4-17/h3-12,21H,13-14,16H2,1-2H3/b12-7+. The van der Waals surface area contributed by atoms with Crippen LogP contribution in [-0.4, -0.2) is 48.3 Å². The number of nitriles is 1. The Bertz CT molecular complexity index is 1030. The highest BCUT2D eigenvalue weighted by Crippen LogP contribution is 2.26. The van der Waals surface area contributed by atoms with Gasteiger partial charge in [-0.2, -0.15) is 5.26 Å². The fourth-order valence-corrected chi connectivity index (χ4v) is 3.47. The predicted octanol–water partition coefficient (Wildman–Crippen LogP) is 3.92. The van der Waals surface area contributed by atoms with Crippen molar-refractivity contribution < 1.29 is 4.42 Å². The van der Waals surface area contributed by atoms with Crippen LogP contribution in [0.4, 0.5) is 5.69 Å². The third-order valence-corrected chi connectivity index (χ3v) is 5.27. The minimum atomic E-state index is 0.446. The molecular formula is C23H23N5O. The van der Waals surface area contributed by atoms with Gasteiger partial charge in [-0.05, 0) is 68.6 Å². The van der Waals surface area contributed by atoms with E-state index >= 15 is 0 Å². The largest absolute Gasteiger partial charge is 0.417 e. The molecular weight excluding hydrogens is 362 g/mol. The molecule has 0 spiro atoms. The number of anilines is 1. The fraction of sp³-hybridized carbons (Fsp3) is 0.261. The Morgan fingerprint density at radius 3 is 2.48 bits per heavy atom. The van der Waals surface area contributed by atoms with Crippen LogP contribution in [0, 0.1) is 11.3 Å². The molecule has 6 nitrogen and oxygen atoms in total.